The predicted molar refractivity (Wildman–Crippen MR) is 115 cm³/mol. The zero-order chi connectivity index (χ0) is 21.8. The van der Waals surface area contributed by atoms with E-state index in [4.69, 9.17) is 9.26 Å². The summed E-state index contributed by atoms with van der Waals surface area (Å²) in [4.78, 5) is 16.5. The van der Waals surface area contributed by atoms with Gasteiger partial charge in [0.05, 0.1) is 5.69 Å². The van der Waals surface area contributed by atoms with Gasteiger partial charge in [0, 0.05) is 11.1 Å². The maximum Gasteiger partial charge on any atom is 0.262 e. The molecule has 0 fully saturated rings. The van der Waals surface area contributed by atoms with E-state index in [-0.39, 0.29) is 12.3 Å². The molecule has 4 aromatic rings. The van der Waals surface area contributed by atoms with E-state index in [0.29, 0.717) is 17.5 Å². The summed E-state index contributed by atoms with van der Waals surface area (Å²) in [7, 11) is 0. The molecule has 0 unspecified atom stereocenters. The molecule has 6 nitrogen and oxygen atoms in total. The Morgan fingerprint density at radius 1 is 0.968 bits per heavy atom. The van der Waals surface area contributed by atoms with E-state index in [2.05, 4.69) is 15.5 Å². The van der Waals surface area contributed by atoms with E-state index < -0.39 is 11.7 Å². The topological polar surface area (TPSA) is 77.2 Å². The fourth-order valence-electron chi connectivity index (χ4n) is 2.91. The number of hydrogen-bond donors (Lipinski definition) is 1. The average Bonchev–Trinajstić information content (AvgIpc) is 3.25. The van der Waals surface area contributed by atoms with Gasteiger partial charge in [-0.3, -0.25) is 4.79 Å². The molecular weight excluding hydrogens is 397 g/mol. The number of hydrogen-bond acceptors (Lipinski definition) is 5. The molecule has 3 aromatic carbocycles. The van der Waals surface area contributed by atoms with Crippen molar-refractivity contribution in [3.8, 4) is 28.6 Å². The second-order valence-corrected chi connectivity index (χ2v) is 7.13. The van der Waals surface area contributed by atoms with Crippen molar-refractivity contribution in [1.82, 2.24) is 10.1 Å². The van der Waals surface area contributed by atoms with Crippen LogP contribution in [0.15, 0.2) is 71.3 Å². The molecule has 0 aliphatic carbocycles. The lowest BCUT2D eigenvalue weighted by Gasteiger charge is -2.09. The molecule has 1 heterocycles. The number of halogens is 1. The van der Waals surface area contributed by atoms with Crippen LogP contribution in [0.1, 0.15) is 11.1 Å². The van der Waals surface area contributed by atoms with Gasteiger partial charge in [0.2, 0.25) is 5.82 Å². The third-order valence-electron chi connectivity index (χ3n) is 4.61. The monoisotopic (exact) mass is 417 g/mol. The first-order chi connectivity index (χ1) is 15.0. The third-order valence-corrected chi connectivity index (χ3v) is 4.61. The SMILES string of the molecule is Cc1ccc(-c2noc(-c3ccc(OCC(=O)Nc4ccc(C)cc4F)cc3)n2)cc1. The minimum Gasteiger partial charge on any atom is -0.484 e. The predicted octanol–water partition coefficient (Wildman–Crippen LogP) is 5.18. The van der Waals surface area contributed by atoms with Gasteiger partial charge in [0.15, 0.2) is 6.61 Å². The fourth-order valence-corrected chi connectivity index (χ4v) is 2.91. The minimum atomic E-state index is -0.484. The molecule has 0 atom stereocenters. The van der Waals surface area contributed by atoms with Crippen LogP contribution in [0, 0.1) is 19.7 Å². The first kappa shape index (κ1) is 20.3. The number of nitrogens with one attached hydrogen (secondary N) is 1. The zero-order valence-corrected chi connectivity index (χ0v) is 17.1. The summed E-state index contributed by atoms with van der Waals surface area (Å²) >= 11 is 0. The molecule has 1 N–H and O–H groups in total. The largest absolute Gasteiger partial charge is 0.484 e. The van der Waals surface area contributed by atoms with Gasteiger partial charge in [-0.15, -0.1) is 0 Å². The summed E-state index contributed by atoms with van der Waals surface area (Å²) < 4.78 is 24.7. The zero-order valence-electron chi connectivity index (χ0n) is 17.1. The van der Waals surface area contributed by atoms with Crippen LogP contribution >= 0.6 is 0 Å². The molecule has 0 aliphatic rings. The Labute approximate surface area is 178 Å². The Bertz CT molecular complexity index is 1200. The molecule has 1 aromatic heterocycles. The van der Waals surface area contributed by atoms with Crippen molar-refractivity contribution < 1.29 is 18.4 Å². The number of amides is 1. The molecule has 31 heavy (non-hydrogen) atoms. The smallest absolute Gasteiger partial charge is 0.262 e. The first-order valence-electron chi connectivity index (χ1n) is 9.68. The highest BCUT2D eigenvalue weighted by molar-refractivity contribution is 5.92. The number of carbonyl (C=O) groups is 1. The van der Waals surface area contributed by atoms with Gasteiger partial charge in [-0.05, 0) is 55.8 Å². The van der Waals surface area contributed by atoms with Gasteiger partial charge in [-0.25, -0.2) is 4.39 Å². The van der Waals surface area contributed by atoms with Crippen LogP contribution in [0.3, 0.4) is 0 Å². The van der Waals surface area contributed by atoms with E-state index in [1.54, 1.807) is 37.3 Å². The lowest BCUT2D eigenvalue weighted by Crippen LogP contribution is -2.20. The van der Waals surface area contributed by atoms with Crippen LogP contribution in [0.4, 0.5) is 10.1 Å². The maximum absolute atomic E-state index is 13.8. The number of anilines is 1. The van der Waals surface area contributed by atoms with E-state index in [1.165, 1.54) is 12.1 Å². The number of aromatic nitrogens is 2. The van der Waals surface area contributed by atoms with Crippen molar-refractivity contribution in [1.29, 1.82) is 0 Å². The molecule has 0 bridgehead atoms. The number of benzene rings is 3. The van der Waals surface area contributed by atoms with Gasteiger partial charge in [-0.2, -0.15) is 4.98 Å². The van der Waals surface area contributed by atoms with Crippen LogP contribution in [-0.2, 0) is 4.79 Å². The van der Waals surface area contributed by atoms with E-state index in [1.807, 2.05) is 31.2 Å². The Morgan fingerprint density at radius 3 is 2.35 bits per heavy atom. The van der Waals surface area contributed by atoms with E-state index >= 15 is 0 Å². The van der Waals surface area contributed by atoms with Crippen molar-refractivity contribution in [3.63, 3.8) is 0 Å². The number of rotatable bonds is 6. The van der Waals surface area contributed by atoms with E-state index in [9.17, 15) is 9.18 Å². The molecule has 0 spiro atoms. The molecule has 4 rings (SSSR count). The molecule has 0 saturated carbocycles. The quantitative estimate of drug-likeness (QED) is 0.468. The van der Waals surface area contributed by atoms with Crippen LogP contribution < -0.4 is 10.1 Å². The van der Waals surface area contributed by atoms with Crippen LogP contribution in [0.25, 0.3) is 22.8 Å². The van der Waals surface area contributed by atoms with Crippen molar-refractivity contribution in [3.05, 3.63) is 83.7 Å². The highest BCUT2D eigenvalue weighted by Crippen LogP contribution is 2.24. The number of nitrogens with zero attached hydrogens (tertiary/aromatic N) is 2. The van der Waals surface area contributed by atoms with Crippen LogP contribution in [0.2, 0.25) is 0 Å². The summed E-state index contributed by atoms with van der Waals surface area (Å²) in [6.07, 6.45) is 0. The molecule has 156 valence electrons. The maximum atomic E-state index is 13.8. The van der Waals surface area contributed by atoms with Crippen LogP contribution in [0.5, 0.6) is 5.75 Å². The Hall–Kier alpha value is -4.00. The van der Waals surface area contributed by atoms with Gasteiger partial charge in [0.25, 0.3) is 11.8 Å². The molecule has 1 amide bonds. The summed E-state index contributed by atoms with van der Waals surface area (Å²) in [5.41, 5.74) is 3.65. The lowest BCUT2D eigenvalue weighted by atomic mass is 10.1. The molecule has 0 saturated heterocycles. The van der Waals surface area contributed by atoms with Crippen molar-refractivity contribution in [2.75, 3.05) is 11.9 Å². The normalized spacial score (nSPS) is 10.7. The summed E-state index contributed by atoms with van der Waals surface area (Å²) in [5, 5.41) is 6.52. The first-order valence-corrected chi connectivity index (χ1v) is 9.68. The van der Waals surface area contributed by atoms with E-state index in [0.717, 1.165) is 22.3 Å². The number of carbonyl (C=O) groups excluding carboxylic acids is 1. The van der Waals surface area contributed by atoms with Gasteiger partial charge < -0.3 is 14.6 Å². The van der Waals surface area contributed by atoms with Gasteiger partial charge in [0.1, 0.15) is 11.6 Å². The lowest BCUT2D eigenvalue weighted by molar-refractivity contribution is -0.118. The highest BCUT2D eigenvalue weighted by atomic mass is 19.1. The van der Waals surface area contributed by atoms with Crippen LogP contribution in [-0.4, -0.2) is 22.7 Å². The molecular formula is C24H20FN3O3. The minimum absolute atomic E-state index is 0.121. The van der Waals surface area contributed by atoms with Gasteiger partial charge in [-0.1, -0.05) is 41.1 Å². The Morgan fingerprint density at radius 2 is 1.65 bits per heavy atom. The standard InChI is InChI=1S/C24H20FN3O3/c1-15-3-6-17(7-4-15)23-27-24(31-28-23)18-8-10-19(11-9-18)30-14-22(29)26-21-12-5-16(2)13-20(21)25/h3-13H,14H2,1-2H3,(H,26,29). The number of aryl methyl sites for hydroxylation is 2. The Kier molecular flexibility index (Phi) is 5.75. The fraction of sp³-hybridized carbons (Fsp3) is 0.125. The molecule has 0 radical (unpaired) electrons. The van der Waals surface area contributed by atoms with Crippen molar-refractivity contribution in [2.45, 2.75) is 13.8 Å². The van der Waals surface area contributed by atoms with Crippen molar-refractivity contribution in [2.24, 2.45) is 0 Å². The molecule has 0 aliphatic heterocycles. The molecule has 7 heteroatoms. The summed E-state index contributed by atoms with van der Waals surface area (Å²) in [6.45, 7) is 3.54. The highest BCUT2D eigenvalue weighted by Gasteiger charge is 2.12. The third kappa shape index (κ3) is 4.95. The average molecular weight is 417 g/mol. The second-order valence-electron chi connectivity index (χ2n) is 7.13. The number of ether oxygens (including phenoxy) is 1. The summed E-state index contributed by atoms with van der Waals surface area (Å²) in [6, 6.07) is 19.4. The van der Waals surface area contributed by atoms with Crippen molar-refractivity contribution >= 4 is 11.6 Å². The Balaban J connectivity index is 1.36. The second kappa shape index (κ2) is 8.79. The summed E-state index contributed by atoms with van der Waals surface area (Å²) in [5.74, 6) is 0.445. The van der Waals surface area contributed by atoms with Gasteiger partial charge >= 0.3 is 0 Å².